The summed E-state index contributed by atoms with van der Waals surface area (Å²) in [7, 11) is 1.42. The maximum absolute atomic E-state index is 11.9. The third-order valence-electron chi connectivity index (χ3n) is 2.56. The van der Waals surface area contributed by atoms with Crippen LogP contribution in [0.1, 0.15) is 19.4 Å². The zero-order chi connectivity index (χ0) is 15.8. The molecule has 0 radical (unpaired) electrons. The van der Waals surface area contributed by atoms with Gasteiger partial charge in [-0.1, -0.05) is 12.1 Å². The Hall–Kier alpha value is -2.50. The van der Waals surface area contributed by atoms with Crippen LogP contribution in [-0.4, -0.2) is 37.4 Å². The molecule has 0 aromatic heterocycles. The van der Waals surface area contributed by atoms with Crippen molar-refractivity contribution in [3.8, 4) is 5.75 Å². The van der Waals surface area contributed by atoms with Gasteiger partial charge < -0.3 is 19.3 Å². The van der Waals surface area contributed by atoms with Crippen LogP contribution < -0.4 is 4.74 Å². The Balaban J connectivity index is 3.38. The molecule has 0 unspecified atom stereocenters. The van der Waals surface area contributed by atoms with Crippen molar-refractivity contribution in [2.75, 3.05) is 20.3 Å². The van der Waals surface area contributed by atoms with Gasteiger partial charge in [-0.15, -0.1) is 0 Å². The predicted molar refractivity (Wildman–Crippen MR) is 75.8 cm³/mol. The molecule has 1 rings (SSSR count). The Morgan fingerprint density at radius 2 is 1.57 bits per heavy atom. The number of benzene rings is 1. The van der Waals surface area contributed by atoms with Gasteiger partial charge in [0.15, 0.2) is 5.57 Å². The minimum absolute atomic E-state index is 0.0704. The van der Waals surface area contributed by atoms with Crippen molar-refractivity contribution in [3.05, 3.63) is 35.4 Å². The van der Waals surface area contributed by atoms with Gasteiger partial charge in [-0.2, -0.15) is 0 Å². The van der Waals surface area contributed by atoms with E-state index in [1.165, 1.54) is 13.2 Å². The van der Waals surface area contributed by atoms with Crippen LogP contribution in [0.15, 0.2) is 29.8 Å². The van der Waals surface area contributed by atoms with E-state index in [0.29, 0.717) is 5.75 Å². The fraction of sp³-hybridized carbons (Fsp3) is 0.333. The van der Waals surface area contributed by atoms with Crippen molar-refractivity contribution in [2.24, 2.45) is 0 Å². The minimum atomic E-state index is -0.945. The summed E-state index contributed by atoms with van der Waals surface area (Å²) < 4.78 is 14.7. The number of aliphatic hydroxyl groups excluding tert-OH is 1. The molecule has 0 aliphatic heterocycles. The molecule has 0 aliphatic carbocycles. The standard InChI is InChI=1S/C15H18O6/c1-4-20-14(17)12(15(18)21-5-2)13(16)10-8-6-7-9-11(10)19-3/h6-9,16H,4-5H2,1-3H3. The molecule has 0 saturated carbocycles. The lowest BCUT2D eigenvalue weighted by molar-refractivity contribution is -0.146. The lowest BCUT2D eigenvalue weighted by Crippen LogP contribution is -2.20. The van der Waals surface area contributed by atoms with E-state index in [1.807, 2.05) is 0 Å². The van der Waals surface area contributed by atoms with E-state index in [4.69, 9.17) is 14.2 Å². The van der Waals surface area contributed by atoms with Gasteiger partial charge in [0.2, 0.25) is 0 Å². The summed E-state index contributed by atoms with van der Waals surface area (Å²) >= 11 is 0. The minimum Gasteiger partial charge on any atom is -0.506 e. The summed E-state index contributed by atoms with van der Waals surface area (Å²) in [4.78, 5) is 23.8. The van der Waals surface area contributed by atoms with E-state index in [-0.39, 0.29) is 18.8 Å². The van der Waals surface area contributed by atoms with Gasteiger partial charge in [0, 0.05) is 0 Å². The summed E-state index contributed by atoms with van der Waals surface area (Å²) in [6.45, 7) is 3.34. The average Bonchev–Trinajstić information content (AvgIpc) is 2.47. The van der Waals surface area contributed by atoms with Crippen LogP contribution in [0, 0.1) is 0 Å². The summed E-state index contributed by atoms with van der Waals surface area (Å²) in [6.07, 6.45) is 0. The summed E-state index contributed by atoms with van der Waals surface area (Å²) in [5, 5.41) is 10.3. The van der Waals surface area contributed by atoms with Gasteiger partial charge >= 0.3 is 11.9 Å². The molecule has 21 heavy (non-hydrogen) atoms. The summed E-state index contributed by atoms with van der Waals surface area (Å²) in [5.74, 6) is -2.11. The molecule has 0 spiro atoms. The van der Waals surface area contributed by atoms with Gasteiger partial charge in [-0.05, 0) is 26.0 Å². The fourth-order valence-corrected chi connectivity index (χ4v) is 1.66. The van der Waals surface area contributed by atoms with Crippen LogP contribution >= 0.6 is 0 Å². The summed E-state index contributed by atoms with van der Waals surface area (Å²) in [6, 6.07) is 6.46. The molecular weight excluding hydrogens is 276 g/mol. The highest BCUT2D eigenvalue weighted by Crippen LogP contribution is 2.27. The van der Waals surface area contributed by atoms with E-state index < -0.39 is 23.3 Å². The number of carbonyl (C=O) groups excluding carboxylic acids is 2. The zero-order valence-electron chi connectivity index (χ0n) is 12.2. The highest BCUT2D eigenvalue weighted by atomic mass is 16.6. The van der Waals surface area contributed by atoms with Gasteiger partial charge in [0.1, 0.15) is 11.5 Å². The average molecular weight is 294 g/mol. The maximum Gasteiger partial charge on any atom is 0.349 e. The van der Waals surface area contributed by atoms with Crippen molar-refractivity contribution in [1.82, 2.24) is 0 Å². The third kappa shape index (κ3) is 3.98. The molecule has 1 aromatic carbocycles. The predicted octanol–water partition coefficient (Wildman–Crippen LogP) is 2.09. The maximum atomic E-state index is 11.9. The lowest BCUT2D eigenvalue weighted by atomic mass is 10.1. The van der Waals surface area contributed by atoms with E-state index >= 15 is 0 Å². The van der Waals surface area contributed by atoms with Crippen LogP contribution in [0.3, 0.4) is 0 Å². The normalized spacial score (nSPS) is 9.67. The van der Waals surface area contributed by atoms with Crippen LogP contribution in [0.2, 0.25) is 0 Å². The van der Waals surface area contributed by atoms with E-state index in [9.17, 15) is 14.7 Å². The molecule has 6 heteroatoms. The first-order chi connectivity index (χ1) is 10.1. The molecule has 0 heterocycles. The number of rotatable bonds is 6. The van der Waals surface area contributed by atoms with Gasteiger partial charge in [0.25, 0.3) is 0 Å². The highest BCUT2D eigenvalue weighted by Gasteiger charge is 2.28. The molecule has 0 saturated heterocycles. The Labute approximate surface area is 122 Å². The Morgan fingerprint density at radius 1 is 1.05 bits per heavy atom. The Kier molecular flexibility index (Phi) is 6.26. The zero-order valence-corrected chi connectivity index (χ0v) is 12.2. The second kappa shape index (κ2) is 7.94. The first-order valence-corrected chi connectivity index (χ1v) is 6.47. The first-order valence-electron chi connectivity index (χ1n) is 6.47. The van der Waals surface area contributed by atoms with Crippen molar-refractivity contribution in [1.29, 1.82) is 0 Å². The van der Waals surface area contributed by atoms with Gasteiger partial charge in [0.05, 0.1) is 25.9 Å². The van der Waals surface area contributed by atoms with Gasteiger partial charge in [-0.3, -0.25) is 0 Å². The number of carbonyl (C=O) groups is 2. The Bertz CT molecular complexity index is 527. The summed E-state index contributed by atoms with van der Waals surface area (Å²) in [5.41, 5.74) is -0.348. The monoisotopic (exact) mass is 294 g/mol. The van der Waals surface area contributed by atoms with E-state index in [2.05, 4.69) is 0 Å². The molecular formula is C15H18O6. The topological polar surface area (TPSA) is 82.1 Å². The number of ether oxygens (including phenoxy) is 3. The smallest absolute Gasteiger partial charge is 0.349 e. The second-order valence-electron chi connectivity index (χ2n) is 3.86. The number of aliphatic hydroxyl groups is 1. The number of para-hydroxylation sites is 1. The molecule has 0 fully saturated rings. The van der Waals surface area contributed by atoms with Crippen molar-refractivity contribution >= 4 is 17.7 Å². The van der Waals surface area contributed by atoms with Crippen LogP contribution in [0.4, 0.5) is 0 Å². The van der Waals surface area contributed by atoms with Crippen LogP contribution in [-0.2, 0) is 19.1 Å². The molecule has 6 nitrogen and oxygen atoms in total. The molecule has 1 N–H and O–H groups in total. The SMILES string of the molecule is CCOC(=O)C(C(=O)OCC)=C(O)c1ccccc1OC. The Morgan fingerprint density at radius 3 is 2.05 bits per heavy atom. The highest BCUT2D eigenvalue weighted by molar-refractivity contribution is 6.19. The van der Waals surface area contributed by atoms with E-state index in [0.717, 1.165) is 0 Å². The first kappa shape index (κ1) is 16.6. The largest absolute Gasteiger partial charge is 0.506 e. The molecule has 0 amide bonds. The van der Waals surface area contributed by atoms with E-state index in [1.54, 1.807) is 32.0 Å². The third-order valence-corrected chi connectivity index (χ3v) is 2.56. The molecule has 114 valence electrons. The number of hydrogen-bond donors (Lipinski definition) is 1. The van der Waals surface area contributed by atoms with Crippen molar-refractivity contribution in [3.63, 3.8) is 0 Å². The van der Waals surface area contributed by atoms with Crippen molar-refractivity contribution < 1.29 is 28.9 Å². The molecule has 0 atom stereocenters. The van der Waals surface area contributed by atoms with Crippen LogP contribution in [0.25, 0.3) is 5.76 Å². The quantitative estimate of drug-likeness (QED) is 0.284. The molecule has 1 aromatic rings. The second-order valence-corrected chi connectivity index (χ2v) is 3.86. The van der Waals surface area contributed by atoms with Gasteiger partial charge in [-0.25, -0.2) is 9.59 Å². The number of hydrogen-bond acceptors (Lipinski definition) is 6. The number of methoxy groups -OCH3 is 1. The lowest BCUT2D eigenvalue weighted by Gasteiger charge is -2.12. The molecule has 0 bridgehead atoms. The molecule has 0 aliphatic rings. The fourth-order valence-electron chi connectivity index (χ4n) is 1.66. The van der Waals surface area contributed by atoms with Crippen LogP contribution in [0.5, 0.6) is 5.75 Å². The number of esters is 2. The van der Waals surface area contributed by atoms with Crippen molar-refractivity contribution in [2.45, 2.75) is 13.8 Å².